The van der Waals surface area contributed by atoms with Crippen LogP contribution in [-0.2, 0) is 0 Å². The van der Waals surface area contributed by atoms with Crippen molar-refractivity contribution in [3.8, 4) is 0 Å². The lowest BCUT2D eigenvalue weighted by Gasteiger charge is -2.36. The van der Waals surface area contributed by atoms with Crippen LogP contribution in [0.2, 0.25) is 0 Å². The molecule has 0 heterocycles. The van der Waals surface area contributed by atoms with E-state index in [1.807, 2.05) is 0 Å². The lowest BCUT2D eigenvalue weighted by atomic mass is 9.78. The summed E-state index contributed by atoms with van der Waals surface area (Å²) >= 11 is 0. The Labute approximate surface area is 88.0 Å². The predicted octanol–water partition coefficient (Wildman–Crippen LogP) is 3.12. The summed E-state index contributed by atoms with van der Waals surface area (Å²) in [7, 11) is 0. The van der Waals surface area contributed by atoms with Gasteiger partial charge in [-0.1, -0.05) is 38.8 Å². The van der Waals surface area contributed by atoms with E-state index in [-0.39, 0.29) is 0 Å². The van der Waals surface area contributed by atoms with Crippen molar-refractivity contribution in [3.05, 3.63) is 12.2 Å². The average molecular weight is 193 g/mol. The van der Waals surface area contributed by atoms with Crippen LogP contribution in [0.1, 0.15) is 46.0 Å². The maximum absolute atomic E-state index is 3.84. The fourth-order valence-corrected chi connectivity index (χ4v) is 2.87. The van der Waals surface area contributed by atoms with Gasteiger partial charge in [-0.05, 0) is 31.1 Å². The third-order valence-electron chi connectivity index (χ3n) is 4.16. The van der Waals surface area contributed by atoms with E-state index in [2.05, 4.69) is 31.3 Å². The predicted molar refractivity (Wildman–Crippen MR) is 61.3 cm³/mol. The van der Waals surface area contributed by atoms with Crippen LogP contribution >= 0.6 is 0 Å². The average Bonchev–Trinajstić information content (AvgIpc) is 2.66. The van der Waals surface area contributed by atoms with Gasteiger partial charge in [0.2, 0.25) is 0 Å². The van der Waals surface area contributed by atoms with Crippen LogP contribution in [0, 0.1) is 11.8 Å². The third-order valence-corrected chi connectivity index (χ3v) is 4.16. The molecule has 1 heteroatoms. The fraction of sp³-hybridized carbons (Fsp3) is 0.846. The van der Waals surface area contributed by atoms with Gasteiger partial charge in [0.1, 0.15) is 0 Å². The van der Waals surface area contributed by atoms with Gasteiger partial charge in [0.15, 0.2) is 0 Å². The molecule has 0 spiro atoms. The maximum Gasteiger partial charge on any atom is 0.0139 e. The Balaban J connectivity index is 1.83. The summed E-state index contributed by atoms with van der Waals surface area (Å²) in [6, 6.07) is 1.52. The second-order valence-electron chi connectivity index (χ2n) is 5.18. The summed E-state index contributed by atoms with van der Waals surface area (Å²) in [4.78, 5) is 0. The lowest BCUT2D eigenvalue weighted by Crippen LogP contribution is -2.44. The largest absolute Gasteiger partial charge is 0.310 e. The highest BCUT2D eigenvalue weighted by Crippen LogP contribution is 2.30. The Morgan fingerprint density at radius 3 is 2.50 bits per heavy atom. The molecular weight excluding hydrogens is 170 g/mol. The SMILES string of the molecule is CC1CCCC(NC2CC=CC2)C1C. The van der Waals surface area contributed by atoms with Crippen LogP contribution in [0.25, 0.3) is 0 Å². The lowest BCUT2D eigenvalue weighted by molar-refractivity contribution is 0.195. The number of rotatable bonds is 2. The van der Waals surface area contributed by atoms with Crippen LogP contribution in [0.3, 0.4) is 0 Å². The summed E-state index contributed by atoms with van der Waals surface area (Å²) in [5.41, 5.74) is 0. The van der Waals surface area contributed by atoms with Gasteiger partial charge in [0.05, 0.1) is 0 Å². The van der Waals surface area contributed by atoms with Gasteiger partial charge in [-0.25, -0.2) is 0 Å². The van der Waals surface area contributed by atoms with Crippen LogP contribution < -0.4 is 5.32 Å². The topological polar surface area (TPSA) is 12.0 Å². The summed E-state index contributed by atoms with van der Waals surface area (Å²) in [6.45, 7) is 4.83. The van der Waals surface area contributed by atoms with Crippen molar-refractivity contribution in [2.24, 2.45) is 11.8 Å². The Morgan fingerprint density at radius 1 is 1.07 bits per heavy atom. The minimum absolute atomic E-state index is 0.743. The molecule has 1 saturated carbocycles. The standard InChI is InChI=1S/C13H23N/c1-10-6-5-9-13(11(10)2)14-12-7-3-4-8-12/h3-4,10-14H,5-9H2,1-2H3. The normalized spacial score (nSPS) is 39.1. The molecule has 1 fully saturated rings. The van der Waals surface area contributed by atoms with Crippen molar-refractivity contribution in [2.75, 3.05) is 0 Å². The summed E-state index contributed by atoms with van der Waals surface area (Å²) in [5.74, 6) is 1.78. The highest BCUT2D eigenvalue weighted by Gasteiger charge is 2.28. The molecule has 0 aromatic heterocycles. The highest BCUT2D eigenvalue weighted by atomic mass is 15.0. The Hall–Kier alpha value is -0.300. The molecule has 14 heavy (non-hydrogen) atoms. The van der Waals surface area contributed by atoms with E-state index >= 15 is 0 Å². The first-order chi connectivity index (χ1) is 6.77. The Morgan fingerprint density at radius 2 is 1.79 bits per heavy atom. The van der Waals surface area contributed by atoms with Crippen molar-refractivity contribution < 1.29 is 0 Å². The fourth-order valence-electron chi connectivity index (χ4n) is 2.87. The first-order valence-corrected chi connectivity index (χ1v) is 6.18. The Bertz CT molecular complexity index is 201. The van der Waals surface area contributed by atoms with Gasteiger partial charge in [0, 0.05) is 12.1 Å². The van der Waals surface area contributed by atoms with Crippen LogP contribution in [-0.4, -0.2) is 12.1 Å². The molecule has 80 valence electrons. The van der Waals surface area contributed by atoms with Gasteiger partial charge in [-0.2, -0.15) is 0 Å². The van der Waals surface area contributed by atoms with Crippen molar-refractivity contribution >= 4 is 0 Å². The molecule has 0 amide bonds. The first-order valence-electron chi connectivity index (χ1n) is 6.18. The first kappa shape index (κ1) is 10.2. The Kier molecular flexibility index (Phi) is 3.27. The van der Waals surface area contributed by atoms with Gasteiger partial charge < -0.3 is 5.32 Å². The van der Waals surface area contributed by atoms with Crippen molar-refractivity contribution in [2.45, 2.75) is 58.0 Å². The molecule has 1 nitrogen and oxygen atoms in total. The molecule has 2 rings (SSSR count). The maximum atomic E-state index is 3.84. The molecule has 3 atom stereocenters. The van der Waals surface area contributed by atoms with Crippen LogP contribution in [0.5, 0.6) is 0 Å². The molecule has 0 saturated heterocycles. The molecule has 0 radical (unpaired) electrons. The molecule has 2 aliphatic carbocycles. The van der Waals surface area contributed by atoms with Gasteiger partial charge in [-0.3, -0.25) is 0 Å². The van der Waals surface area contributed by atoms with E-state index in [4.69, 9.17) is 0 Å². The molecule has 1 N–H and O–H groups in total. The molecule has 0 aliphatic heterocycles. The summed E-state index contributed by atoms with van der Waals surface area (Å²) in [5, 5.41) is 3.84. The minimum atomic E-state index is 0.743. The van der Waals surface area contributed by atoms with E-state index < -0.39 is 0 Å². The smallest absolute Gasteiger partial charge is 0.0139 e. The second kappa shape index (κ2) is 4.48. The second-order valence-corrected chi connectivity index (χ2v) is 5.18. The van der Waals surface area contributed by atoms with Crippen molar-refractivity contribution in [1.82, 2.24) is 5.32 Å². The zero-order valence-electron chi connectivity index (χ0n) is 9.50. The molecule has 0 aromatic rings. The molecule has 3 unspecified atom stereocenters. The number of hydrogen-bond acceptors (Lipinski definition) is 1. The summed E-state index contributed by atoms with van der Waals surface area (Å²) < 4.78 is 0. The van der Waals surface area contributed by atoms with Gasteiger partial charge in [0.25, 0.3) is 0 Å². The van der Waals surface area contributed by atoms with Gasteiger partial charge in [-0.15, -0.1) is 0 Å². The number of nitrogens with one attached hydrogen (secondary N) is 1. The van der Waals surface area contributed by atoms with E-state index in [0.717, 1.165) is 23.9 Å². The van der Waals surface area contributed by atoms with E-state index in [0.29, 0.717) is 0 Å². The summed E-state index contributed by atoms with van der Waals surface area (Å²) in [6.07, 6.45) is 11.4. The van der Waals surface area contributed by atoms with E-state index in [1.54, 1.807) is 0 Å². The van der Waals surface area contributed by atoms with Crippen LogP contribution in [0.15, 0.2) is 12.2 Å². The molecular formula is C13H23N. The third kappa shape index (κ3) is 2.20. The van der Waals surface area contributed by atoms with Crippen molar-refractivity contribution in [1.29, 1.82) is 0 Å². The minimum Gasteiger partial charge on any atom is -0.310 e. The zero-order chi connectivity index (χ0) is 9.97. The van der Waals surface area contributed by atoms with Gasteiger partial charge >= 0.3 is 0 Å². The highest BCUT2D eigenvalue weighted by molar-refractivity contribution is 4.99. The quantitative estimate of drug-likeness (QED) is 0.664. The molecule has 2 aliphatic rings. The number of hydrogen-bond donors (Lipinski definition) is 1. The molecule has 0 aromatic carbocycles. The monoisotopic (exact) mass is 193 g/mol. The van der Waals surface area contributed by atoms with Crippen molar-refractivity contribution in [3.63, 3.8) is 0 Å². The molecule has 0 bridgehead atoms. The van der Waals surface area contributed by atoms with E-state index in [9.17, 15) is 0 Å². The van der Waals surface area contributed by atoms with E-state index in [1.165, 1.54) is 32.1 Å². The zero-order valence-corrected chi connectivity index (χ0v) is 9.50. The van der Waals surface area contributed by atoms with Crippen LogP contribution in [0.4, 0.5) is 0 Å².